The van der Waals surface area contributed by atoms with Crippen molar-refractivity contribution in [2.75, 3.05) is 0 Å². The highest BCUT2D eigenvalue weighted by Gasteiger charge is 2.25. The molecule has 1 aliphatic carbocycles. The minimum Gasteiger partial charge on any atom is -0.469 e. The Balaban J connectivity index is 2.24. The molecule has 0 bridgehead atoms. The summed E-state index contributed by atoms with van der Waals surface area (Å²) < 4.78 is 5.39. The second-order valence-electron chi connectivity index (χ2n) is 3.39. The average molecular weight is 229 g/mol. The van der Waals surface area contributed by atoms with Gasteiger partial charge in [0.2, 0.25) is 0 Å². The van der Waals surface area contributed by atoms with Gasteiger partial charge in [0.15, 0.2) is 0 Å². The molecule has 0 saturated heterocycles. The van der Waals surface area contributed by atoms with E-state index in [1.54, 1.807) is 0 Å². The van der Waals surface area contributed by atoms with E-state index in [4.69, 9.17) is 16.3 Å². The fourth-order valence-electron chi connectivity index (χ4n) is 1.28. The number of hydrogen-bond acceptors (Lipinski definition) is 4. The van der Waals surface area contributed by atoms with E-state index in [0.717, 1.165) is 19.3 Å². The molecular formula is C9H9ClN2O3. The van der Waals surface area contributed by atoms with Crippen molar-refractivity contribution >= 4 is 17.3 Å². The molecule has 0 aliphatic heterocycles. The average Bonchev–Trinajstić information content (AvgIpc) is 2.11. The van der Waals surface area contributed by atoms with E-state index in [1.165, 1.54) is 12.1 Å². The first-order valence-corrected chi connectivity index (χ1v) is 5.02. The summed E-state index contributed by atoms with van der Waals surface area (Å²) in [5.74, 6) is 0.0252. The molecule has 0 atom stereocenters. The number of rotatable bonds is 3. The first-order chi connectivity index (χ1) is 7.16. The fraction of sp³-hybridized carbons (Fsp3) is 0.444. The molecule has 15 heavy (non-hydrogen) atoms. The Morgan fingerprint density at radius 2 is 2.27 bits per heavy atom. The zero-order chi connectivity index (χ0) is 10.8. The van der Waals surface area contributed by atoms with Crippen LogP contribution in [0.5, 0.6) is 5.88 Å². The zero-order valence-electron chi connectivity index (χ0n) is 7.85. The Morgan fingerprint density at radius 1 is 1.53 bits per heavy atom. The third-order valence-electron chi connectivity index (χ3n) is 2.33. The van der Waals surface area contributed by atoms with Crippen molar-refractivity contribution in [3.8, 4) is 5.88 Å². The van der Waals surface area contributed by atoms with Crippen molar-refractivity contribution in [2.24, 2.45) is 0 Å². The van der Waals surface area contributed by atoms with E-state index >= 15 is 0 Å². The number of ether oxygens (including phenoxy) is 1. The van der Waals surface area contributed by atoms with Crippen LogP contribution in [-0.4, -0.2) is 16.0 Å². The highest BCUT2D eigenvalue weighted by atomic mass is 35.5. The van der Waals surface area contributed by atoms with Crippen LogP contribution in [0.2, 0.25) is 5.15 Å². The summed E-state index contributed by atoms with van der Waals surface area (Å²) in [6, 6.07) is 2.69. The van der Waals surface area contributed by atoms with E-state index in [-0.39, 0.29) is 22.8 Å². The number of nitro groups is 1. The largest absolute Gasteiger partial charge is 0.469 e. The highest BCUT2D eigenvalue weighted by molar-refractivity contribution is 6.29. The molecule has 6 heteroatoms. The topological polar surface area (TPSA) is 65.3 Å². The molecule has 0 N–H and O–H groups in total. The van der Waals surface area contributed by atoms with Crippen LogP contribution in [0.3, 0.4) is 0 Å². The summed E-state index contributed by atoms with van der Waals surface area (Å²) in [5.41, 5.74) is -0.133. The minimum absolute atomic E-state index is 0.0252. The quantitative estimate of drug-likeness (QED) is 0.453. The molecule has 1 aromatic rings. The molecule has 0 spiro atoms. The van der Waals surface area contributed by atoms with Gasteiger partial charge in [0.05, 0.1) is 4.92 Å². The number of aromatic nitrogens is 1. The molecule has 0 aromatic carbocycles. The smallest absolute Gasteiger partial charge is 0.331 e. The lowest BCUT2D eigenvalue weighted by atomic mass is 9.96. The van der Waals surface area contributed by atoms with E-state index < -0.39 is 4.92 Å². The Morgan fingerprint density at radius 3 is 2.80 bits per heavy atom. The van der Waals surface area contributed by atoms with Gasteiger partial charge < -0.3 is 4.74 Å². The van der Waals surface area contributed by atoms with Crippen LogP contribution < -0.4 is 4.74 Å². The van der Waals surface area contributed by atoms with Gasteiger partial charge in [-0.05, 0) is 25.3 Å². The van der Waals surface area contributed by atoms with Crippen molar-refractivity contribution in [3.63, 3.8) is 0 Å². The van der Waals surface area contributed by atoms with Gasteiger partial charge >= 0.3 is 5.69 Å². The molecule has 1 aliphatic rings. The van der Waals surface area contributed by atoms with Gasteiger partial charge in [-0.15, -0.1) is 0 Å². The van der Waals surface area contributed by atoms with E-state index in [2.05, 4.69) is 4.98 Å². The Kier molecular flexibility index (Phi) is 2.73. The van der Waals surface area contributed by atoms with Gasteiger partial charge in [-0.1, -0.05) is 11.6 Å². The standard InChI is InChI=1S/C9H9ClN2O3/c10-8-5-4-7(12(13)14)9(11-8)15-6-2-1-3-6/h4-6H,1-3H2. The molecule has 1 saturated carbocycles. The van der Waals surface area contributed by atoms with Crippen LogP contribution >= 0.6 is 11.6 Å². The minimum atomic E-state index is -0.517. The molecule has 5 nitrogen and oxygen atoms in total. The van der Waals surface area contributed by atoms with Crippen molar-refractivity contribution in [3.05, 3.63) is 27.4 Å². The lowest BCUT2D eigenvalue weighted by molar-refractivity contribution is -0.386. The monoisotopic (exact) mass is 228 g/mol. The lowest BCUT2D eigenvalue weighted by Gasteiger charge is -2.25. The number of halogens is 1. The Hall–Kier alpha value is -1.36. The van der Waals surface area contributed by atoms with E-state index in [1.807, 2.05) is 0 Å². The summed E-state index contributed by atoms with van der Waals surface area (Å²) in [4.78, 5) is 14.0. The second kappa shape index (κ2) is 4.02. The maximum Gasteiger partial charge on any atom is 0.331 e. The zero-order valence-corrected chi connectivity index (χ0v) is 8.61. The molecule has 1 fully saturated rings. The summed E-state index contributed by atoms with van der Waals surface area (Å²) >= 11 is 5.65. The molecule has 0 amide bonds. The van der Waals surface area contributed by atoms with Crippen molar-refractivity contribution in [1.29, 1.82) is 0 Å². The van der Waals surface area contributed by atoms with Gasteiger partial charge in [0, 0.05) is 6.07 Å². The van der Waals surface area contributed by atoms with Gasteiger partial charge in [0.25, 0.3) is 5.88 Å². The molecule has 0 radical (unpaired) electrons. The van der Waals surface area contributed by atoms with Crippen molar-refractivity contribution in [1.82, 2.24) is 4.98 Å². The summed E-state index contributed by atoms with van der Waals surface area (Å²) in [7, 11) is 0. The van der Waals surface area contributed by atoms with Crippen molar-refractivity contribution < 1.29 is 9.66 Å². The molecule has 2 rings (SSSR count). The number of hydrogen-bond donors (Lipinski definition) is 0. The van der Waals surface area contributed by atoms with E-state index in [9.17, 15) is 10.1 Å². The first kappa shape index (κ1) is 10.2. The van der Waals surface area contributed by atoms with Crippen LogP contribution in [0.1, 0.15) is 19.3 Å². The molecule has 1 aromatic heterocycles. The maximum absolute atomic E-state index is 10.7. The molecule has 1 heterocycles. The van der Waals surface area contributed by atoms with Crippen LogP contribution in [-0.2, 0) is 0 Å². The second-order valence-corrected chi connectivity index (χ2v) is 3.77. The van der Waals surface area contributed by atoms with Crippen molar-refractivity contribution in [2.45, 2.75) is 25.4 Å². The summed E-state index contributed by atoms with van der Waals surface area (Å²) in [6.45, 7) is 0. The third-order valence-corrected chi connectivity index (χ3v) is 2.54. The van der Waals surface area contributed by atoms with Gasteiger partial charge in [-0.3, -0.25) is 10.1 Å². The molecular weight excluding hydrogens is 220 g/mol. The third kappa shape index (κ3) is 2.18. The number of nitrogens with zero attached hydrogens (tertiary/aromatic N) is 2. The van der Waals surface area contributed by atoms with E-state index in [0.29, 0.717) is 0 Å². The first-order valence-electron chi connectivity index (χ1n) is 4.64. The Labute approximate surface area is 91.2 Å². The normalized spacial score (nSPS) is 15.8. The summed E-state index contributed by atoms with van der Waals surface area (Å²) in [6.07, 6.45) is 2.99. The van der Waals surface area contributed by atoms with Gasteiger partial charge in [-0.25, -0.2) is 0 Å². The summed E-state index contributed by atoms with van der Waals surface area (Å²) in [5, 5.41) is 10.9. The predicted octanol–water partition coefficient (Wildman–Crippen LogP) is 2.57. The van der Waals surface area contributed by atoms with Crippen LogP contribution in [0.25, 0.3) is 0 Å². The molecule has 80 valence electrons. The van der Waals surface area contributed by atoms with Crippen LogP contribution in [0.4, 0.5) is 5.69 Å². The Bertz CT molecular complexity index is 393. The number of pyridine rings is 1. The predicted molar refractivity (Wildman–Crippen MR) is 54.2 cm³/mol. The SMILES string of the molecule is O=[N+]([O-])c1ccc(Cl)nc1OC1CCC1. The fourth-order valence-corrected chi connectivity index (χ4v) is 1.42. The van der Waals surface area contributed by atoms with Gasteiger partial charge in [0.1, 0.15) is 11.3 Å². The lowest BCUT2D eigenvalue weighted by Crippen LogP contribution is -2.25. The van der Waals surface area contributed by atoms with Gasteiger partial charge in [-0.2, -0.15) is 4.98 Å². The molecule has 0 unspecified atom stereocenters. The highest BCUT2D eigenvalue weighted by Crippen LogP contribution is 2.31. The van der Waals surface area contributed by atoms with Crippen LogP contribution in [0.15, 0.2) is 12.1 Å². The maximum atomic E-state index is 10.7. The van der Waals surface area contributed by atoms with Crippen LogP contribution in [0, 0.1) is 10.1 Å².